The number of carbonyl (C=O) groups excluding carboxylic acids is 1. The van der Waals surface area contributed by atoms with Gasteiger partial charge in [0.1, 0.15) is 0 Å². The lowest BCUT2D eigenvalue weighted by Gasteiger charge is -2.43. The van der Waals surface area contributed by atoms with Crippen LogP contribution in [0.2, 0.25) is 5.02 Å². The van der Waals surface area contributed by atoms with Crippen molar-refractivity contribution in [2.75, 3.05) is 9.21 Å². The molecule has 35 heavy (non-hydrogen) atoms. The van der Waals surface area contributed by atoms with Crippen molar-refractivity contribution in [3.8, 4) is 0 Å². The molecule has 0 spiro atoms. The summed E-state index contributed by atoms with van der Waals surface area (Å²) in [5, 5.41) is 0.457. The molecule has 0 bridgehead atoms. The lowest BCUT2D eigenvalue weighted by Crippen LogP contribution is -2.47. The molecular weight excluding hydrogens is 484 g/mol. The van der Waals surface area contributed by atoms with Crippen molar-refractivity contribution in [3.05, 3.63) is 114 Å². The Balaban J connectivity index is 1.66. The van der Waals surface area contributed by atoms with Gasteiger partial charge in [-0.2, -0.15) is 0 Å². The molecule has 0 saturated heterocycles. The molecule has 8 heteroatoms. The smallest absolute Gasteiger partial charge is 0.294 e. The second-order valence-electron chi connectivity index (χ2n) is 8.40. The summed E-state index contributed by atoms with van der Waals surface area (Å²) in [5.41, 5.74) is 1.94. The first-order valence-corrected chi connectivity index (χ1v) is 13.0. The van der Waals surface area contributed by atoms with Gasteiger partial charge in [0.05, 0.1) is 22.9 Å². The van der Waals surface area contributed by atoms with Crippen LogP contribution in [-0.4, -0.2) is 20.4 Å². The summed E-state index contributed by atoms with van der Waals surface area (Å²) in [5.74, 6) is -0.0287. The minimum Gasteiger partial charge on any atom is -0.459 e. The average molecular weight is 507 g/mol. The van der Waals surface area contributed by atoms with Gasteiger partial charge in [-0.15, -0.1) is 0 Å². The van der Waals surface area contributed by atoms with E-state index in [2.05, 4.69) is 0 Å². The van der Waals surface area contributed by atoms with Crippen LogP contribution in [0.3, 0.4) is 0 Å². The zero-order chi connectivity index (χ0) is 24.6. The molecule has 5 rings (SSSR count). The van der Waals surface area contributed by atoms with E-state index in [1.165, 1.54) is 22.7 Å². The Morgan fingerprint density at radius 1 is 0.943 bits per heavy atom. The van der Waals surface area contributed by atoms with Gasteiger partial charge in [-0.05, 0) is 73.5 Å². The van der Waals surface area contributed by atoms with Crippen LogP contribution in [-0.2, 0) is 10.0 Å². The number of carbonyl (C=O) groups is 1. The third kappa shape index (κ3) is 4.22. The van der Waals surface area contributed by atoms with Gasteiger partial charge in [0.25, 0.3) is 15.9 Å². The van der Waals surface area contributed by atoms with Crippen LogP contribution in [0, 0.1) is 0 Å². The zero-order valence-electron chi connectivity index (χ0n) is 18.9. The number of anilines is 2. The number of hydrogen-bond acceptors (Lipinski definition) is 4. The van der Waals surface area contributed by atoms with E-state index in [1.54, 1.807) is 41.3 Å². The molecular formula is C27H23ClN2O4S. The number of nitrogens with zero attached hydrogens (tertiary/aromatic N) is 2. The predicted molar refractivity (Wildman–Crippen MR) is 136 cm³/mol. The van der Waals surface area contributed by atoms with Gasteiger partial charge in [0, 0.05) is 16.8 Å². The maximum absolute atomic E-state index is 14.0. The molecule has 3 aromatic carbocycles. The fraction of sp³-hybridized carbons (Fsp3) is 0.148. The van der Waals surface area contributed by atoms with Crippen molar-refractivity contribution in [3.63, 3.8) is 0 Å². The van der Waals surface area contributed by atoms with Crippen molar-refractivity contribution in [2.45, 2.75) is 30.3 Å². The molecule has 0 fully saturated rings. The largest absolute Gasteiger partial charge is 0.459 e. The molecule has 1 amide bonds. The highest BCUT2D eigenvalue weighted by atomic mass is 35.5. The van der Waals surface area contributed by atoms with Gasteiger partial charge in [-0.3, -0.25) is 9.10 Å². The van der Waals surface area contributed by atoms with Gasteiger partial charge in [0.2, 0.25) is 0 Å². The Morgan fingerprint density at radius 2 is 1.63 bits per heavy atom. The highest BCUT2D eigenvalue weighted by molar-refractivity contribution is 7.92. The Hall–Kier alpha value is -3.55. The van der Waals surface area contributed by atoms with Crippen LogP contribution in [0.5, 0.6) is 0 Å². The summed E-state index contributed by atoms with van der Waals surface area (Å²) in [4.78, 5) is 15.1. The normalized spacial score (nSPS) is 17.6. The summed E-state index contributed by atoms with van der Waals surface area (Å²) >= 11 is 6.03. The topological polar surface area (TPSA) is 70.8 Å². The van der Waals surface area contributed by atoms with Crippen molar-refractivity contribution < 1.29 is 17.6 Å². The lowest BCUT2D eigenvalue weighted by molar-refractivity contribution is 0.0947. The van der Waals surface area contributed by atoms with Crippen LogP contribution < -0.4 is 9.21 Å². The third-order valence-corrected chi connectivity index (χ3v) is 8.28. The fourth-order valence-corrected chi connectivity index (χ4v) is 6.38. The molecule has 0 unspecified atom stereocenters. The van der Waals surface area contributed by atoms with Crippen LogP contribution in [0.4, 0.5) is 11.4 Å². The van der Waals surface area contributed by atoms with Crippen molar-refractivity contribution in [1.29, 1.82) is 0 Å². The lowest BCUT2D eigenvalue weighted by atomic mass is 9.91. The summed E-state index contributed by atoms with van der Waals surface area (Å²) in [6.07, 6.45) is 1.86. The maximum Gasteiger partial charge on any atom is 0.294 e. The van der Waals surface area contributed by atoms with Crippen LogP contribution >= 0.6 is 11.6 Å². The molecule has 0 saturated carbocycles. The Morgan fingerprint density at radius 3 is 2.31 bits per heavy atom. The first-order valence-electron chi connectivity index (χ1n) is 11.2. The van der Waals surface area contributed by atoms with Crippen molar-refractivity contribution >= 4 is 38.9 Å². The molecule has 0 N–H and O–H groups in total. The van der Waals surface area contributed by atoms with Gasteiger partial charge in [0.15, 0.2) is 5.76 Å². The number of benzene rings is 3. The zero-order valence-corrected chi connectivity index (χ0v) is 20.5. The number of fused-ring (bicyclic) bond motifs is 1. The molecule has 2 heterocycles. The van der Waals surface area contributed by atoms with E-state index < -0.39 is 16.1 Å². The van der Waals surface area contributed by atoms with Gasteiger partial charge >= 0.3 is 0 Å². The van der Waals surface area contributed by atoms with Gasteiger partial charge < -0.3 is 9.32 Å². The highest BCUT2D eigenvalue weighted by Gasteiger charge is 2.41. The van der Waals surface area contributed by atoms with Crippen molar-refractivity contribution in [1.82, 2.24) is 0 Å². The average Bonchev–Trinajstić information content (AvgIpc) is 3.40. The summed E-state index contributed by atoms with van der Waals surface area (Å²) < 4.78 is 34.9. The number of hydrogen-bond donors (Lipinski definition) is 0. The number of halogens is 1. The van der Waals surface area contributed by atoms with Gasteiger partial charge in [-0.1, -0.05) is 48.0 Å². The van der Waals surface area contributed by atoms with E-state index in [-0.39, 0.29) is 22.6 Å². The van der Waals surface area contributed by atoms with Crippen LogP contribution in [0.25, 0.3) is 0 Å². The third-order valence-electron chi connectivity index (χ3n) is 6.18. The Labute approximate surface area is 209 Å². The molecule has 0 radical (unpaired) electrons. The Bertz CT molecular complexity index is 1440. The maximum atomic E-state index is 14.0. The molecule has 6 nitrogen and oxygen atoms in total. The Kier molecular flexibility index (Phi) is 6.13. The van der Waals surface area contributed by atoms with Crippen LogP contribution in [0.15, 0.2) is 107 Å². The molecule has 1 aliphatic rings. The van der Waals surface area contributed by atoms with Crippen molar-refractivity contribution in [2.24, 2.45) is 0 Å². The predicted octanol–water partition coefficient (Wildman–Crippen LogP) is 6.31. The molecule has 1 aliphatic heterocycles. The van der Waals surface area contributed by atoms with E-state index in [0.717, 1.165) is 5.56 Å². The standard InChI is InChI=1S/C27H23ClN2O4S/c1-19-18-25(23-10-5-6-11-24(23)29(19)27(31)26-12-7-17-34-26)30(21-8-3-2-4-9-21)35(32,33)22-15-13-20(28)14-16-22/h2-17,19,25H,18H2,1H3/t19-,25+/m0/s1. The highest BCUT2D eigenvalue weighted by Crippen LogP contribution is 2.44. The first-order chi connectivity index (χ1) is 16.9. The quantitative estimate of drug-likeness (QED) is 0.318. The monoisotopic (exact) mass is 506 g/mol. The molecule has 2 atom stereocenters. The number of furan rings is 1. The van der Waals surface area contributed by atoms with E-state index in [4.69, 9.17) is 16.0 Å². The molecule has 0 aliphatic carbocycles. The van der Waals surface area contributed by atoms with E-state index in [1.807, 2.05) is 49.4 Å². The number of para-hydroxylation sites is 2. The molecule has 4 aromatic rings. The summed E-state index contributed by atoms with van der Waals surface area (Å²) in [7, 11) is -3.96. The van der Waals surface area contributed by atoms with Gasteiger partial charge in [-0.25, -0.2) is 8.42 Å². The first kappa shape index (κ1) is 23.2. The molecule has 178 valence electrons. The summed E-state index contributed by atoms with van der Waals surface area (Å²) in [6, 6.07) is 25.1. The SMILES string of the molecule is C[C@H]1C[C@@H](N(c2ccccc2)S(=O)(=O)c2ccc(Cl)cc2)c2ccccc2N1C(=O)c1ccco1. The minimum atomic E-state index is -3.96. The van der Waals surface area contributed by atoms with E-state index in [9.17, 15) is 13.2 Å². The minimum absolute atomic E-state index is 0.143. The number of amides is 1. The number of sulfonamides is 1. The fourth-order valence-electron chi connectivity index (χ4n) is 4.61. The van der Waals surface area contributed by atoms with E-state index >= 15 is 0 Å². The van der Waals surface area contributed by atoms with E-state index in [0.29, 0.717) is 22.8 Å². The molecule has 1 aromatic heterocycles. The second-order valence-corrected chi connectivity index (χ2v) is 10.7. The summed E-state index contributed by atoms with van der Waals surface area (Å²) in [6.45, 7) is 1.92. The number of rotatable bonds is 5. The second kappa shape index (κ2) is 9.24. The van der Waals surface area contributed by atoms with Crippen LogP contribution in [0.1, 0.15) is 35.5 Å².